The van der Waals surface area contributed by atoms with E-state index in [1.807, 2.05) is 32.9 Å². The van der Waals surface area contributed by atoms with E-state index in [0.717, 1.165) is 5.56 Å². The van der Waals surface area contributed by atoms with Crippen molar-refractivity contribution in [1.29, 1.82) is 0 Å². The van der Waals surface area contributed by atoms with E-state index < -0.39 is 0 Å². The highest BCUT2D eigenvalue weighted by Crippen LogP contribution is 2.07. The number of rotatable bonds is 1. The van der Waals surface area contributed by atoms with Crippen molar-refractivity contribution in [2.24, 2.45) is 0 Å². The van der Waals surface area contributed by atoms with Crippen LogP contribution in [0.15, 0.2) is 27.9 Å². The molecular formula is C13H16N2O2. The van der Waals surface area contributed by atoms with E-state index in [4.69, 9.17) is 0 Å². The standard InChI is InChI=1S/C13H16N2O2/c1-8(2)15-12(16)10(4)11-6-5-9(3)7-14(11)13(15)17/h5-8H,1-4H3. The van der Waals surface area contributed by atoms with Gasteiger partial charge in [-0.1, -0.05) is 6.07 Å². The van der Waals surface area contributed by atoms with Gasteiger partial charge in [-0.2, -0.15) is 0 Å². The maximum absolute atomic E-state index is 12.2. The van der Waals surface area contributed by atoms with E-state index in [1.165, 1.54) is 4.57 Å². The van der Waals surface area contributed by atoms with Crippen LogP contribution in [0.1, 0.15) is 31.0 Å². The summed E-state index contributed by atoms with van der Waals surface area (Å²) < 4.78 is 2.84. The predicted octanol–water partition coefficient (Wildman–Crippen LogP) is 1.66. The topological polar surface area (TPSA) is 43.5 Å². The highest BCUT2D eigenvalue weighted by molar-refractivity contribution is 5.53. The lowest BCUT2D eigenvalue weighted by Crippen LogP contribution is -2.39. The largest absolute Gasteiger partial charge is 0.335 e. The third kappa shape index (κ3) is 1.69. The van der Waals surface area contributed by atoms with Crippen molar-refractivity contribution >= 4 is 5.52 Å². The van der Waals surface area contributed by atoms with Crippen LogP contribution in [0.3, 0.4) is 0 Å². The van der Waals surface area contributed by atoms with Crippen molar-refractivity contribution in [3.05, 3.63) is 50.3 Å². The van der Waals surface area contributed by atoms with Gasteiger partial charge in [-0.15, -0.1) is 0 Å². The van der Waals surface area contributed by atoms with Gasteiger partial charge >= 0.3 is 5.69 Å². The van der Waals surface area contributed by atoms with Gasteiger partial charge in [0.15, 0.2) is 0 Å². The zero-order valence-corrected chi connectivity index (χ0v) is 10.5. The SMILES string of the molecule is Cc1ccc2c(C)c(=O)n(C(C)C)c(=O)n2c1. The Morgan fingerprint density at radius 1 is 1.12 bits per heavy atom. The Kier molecular flexibility index (Phi) is 2.65. The monoisotopic (exact) mass is 232 g/mol. The molecule has 0 aliphatic heterocycles. The molecule has 0 aliphatic carbocycles. The molecule has 0 unspecified atom stereocenters. The molecule has 2 aromatic rings. The average molecular weight is 232 g/mol. The van der Waals surface area contributed by atoms with Crippen molar-refractivity contribution in [1.82, 2.24) is 8.97 Å². The van der Waals surface area contributed by atoms with E-state index >= 15 is 0 Å². The molecule has 0 bridgehead atoms. The van der Waals surface area contributed by atoms with E-state index in [2.05, 4.69) is 0 Å². The normalized spacial score (nSPS) is 11.4. The van der Waals surface area contributed by atoms with Crippen molar-refractivity contribution in [2.45, 2.75) is 33.7 Å². The molecule has 0 saturated carbocycles. The zero-order chi connectivity index (χ0) is 12.7. The van der Waals surface area contributed by atoms with Gasteiger partial charge in [0.25, 0.3) is 5.56 Å². The molecule has 0 spiro atoms. The first-order valence-corrected chi connectivity index (χ1v) is 5.67. The highest BCUT2D eigenvalue weighted by Gasteiger charge is 2.12. The van der Waals surface area contributed by atoms with E-state index in [0.29, 0.717) is 11.1 Å². The molecule has 17 heavy (non-hydrogen) atoms. The number of aromatic nitrogens is 2. The number of nitrogens with zero attached hydrogens (tertiary/aromatic N) is 2. The molecule has 0 aromatic carbocycles. The van der Waals surface area contributed by atoms with Gasteiger partial charge in [0.05, 0.1) is 5.52 Å². The summed E-state index contributed by atoms with van der Waals surface area (Å²) in [4.78, 5) is 24.3. The van der Waals surface area contributed by atoms with E-state index in [-0.39, 0.29) is 17.3 Å². The Bertz CT molecular complexity index is 693. The zero-order valence-electron chi connectivity index (χ0n) is 10.5. The van der Waals surface area contributed by atoms with Gasteiger partial charge in [0.2, 0.25) is 0 Å². The van der Waals surface area contributed by atoms with Gasteiger partial charge in [-0.3, -0.25) is 13.8 Å². The van der Waals surface area contributed by atoms with Crippen LogP contribution in [0.2, 0.25) is 0 Å². The minimum atomic E-state index is -0.269. The third-order valence-corrected chi connectivity index (χ3v) is 2.95. The second kappa shape index (κ2) is 3.87. The van der Waals surface area contributed by atoms with Crippen LogP contribution < -0.4 is 11.2 Å². The summed E-state index contributed by atoms with van der Waals surface area (Å²) in [5, 5.41) is 0. The van der Waals surface area contributed by atoms with Crippen LogP contribution in [-0.2, 0) is 0 Å². The van der Waals surface area contributed by atoms with Gasteiger partial charge in [-0.05, 0) is 39.3 Å². The van der Waals surface area contributed by atoms with Gasteiger partial charge in [-0.25, -0.2) is 4.79 Å². The second-order valence-electron chi connectivity index (χ2n) is 4.64. The first-order chi connectivity index (χ1) is 7.93. The molecule has 2 aromatic heterocycles. The van der Waals surface area contributed by atoms with Gasteiger partial charge in [0, 0.05) is 17.8 Å². The molecule has 4 heteroatoms. The molecule has 4 nitrogen and oxygen atoms in total. The summed E-state index contributed by atoms with van der Waals surface area (Å²) in [5.41, 5.74) is 1.82. The number of hydrogen-bond donors (Lipinski definition) is 0. The first kappa shape index (κ1) is 11.6. The summed E-state index contributed by atoms with van der Waals surface area (Å²) in [6.07, 6.45) is 1.77. The third-order valence-electron chi connectivity index (χ3n) is 2.95. The first-order valence-electron chi connectivity index (χ1n) is 5.67. The van der Waals surface area contributed by atoms with Crippen LogP contribution in [-0.4, -0.2) is 8.97 Å². The van der Waals surface area contributed by atoms with Gasteiger partial charge < -0.3 is 0 Å². The molecule has 90 valence electrons. The average Bonchev–Trinajstić information content (AvgIpc) is 2.26. The number of fused-ring (bicyclic) bond motifs is 1. The molecular weight excluding hydrogens is 216 g/mol. The molecule has 0 aliphatic rings. The molecule has 0 saturated heterocycles. The number of hydrogen-bond acceptors (Lipinski definition) is 2. The fraction of sp³-hybridized carbons (Fsp3) is 0.385. The smallest absolute Gasteiger partial charge is 0.269 e. The van der Waals surface area contributed by atoms with Crippen LogP contribution in [0, 0.1) is 13.8 Å². The lowest BCUT2D eigenvalue weighted by molar-refractivity contribution is 0.538. The molecule has 0 fully saturated rings. The maximum atomic E-state index is 12.2. The van der Waals surface area contributed by atoms with Crippen molar-refractivity contribution in [3.63, 3.8) is 0 Å². The quantitative estimate of drug-likeness (QED) is 0.750. The summed E-state index contributed by atoms with van der Waals surface area (Å²) >= 11 is 0. The fourth-order valence-electron chi connectivity index (χ4n) is 2.02. The Balaban J connectivity index is 3.07. The predicted molar refractivity (Wildman–Crippen MR) is 67.8 cm³/mol. The molecule has 0 amide bonds. The molecule has 0 atom stereocenters. The summed E-state index contributed by atoms with van der Waals surface area (Å²) in [7, 11) is 0. The lowest BCUT2D eigenvalue weighted by Gasteiger charge is -2.13. The summed E-state index contributed by atoms with van der Waals surface area (Å²) in [6.45, 7) is 7.35. The number of aryl methyl sites for hydroxylation is 2. The molecule has 2 rings (SSSR count). The minimum Gasteiger partial charge on any atom is -0.269 e. The maximum Gasteiger partial charge on any atom is 0.335 e. The van der Waals surface area contributed by atoms with Crippen molar-refractivity contribution in [3.8, 4) is 0 Å². The summed E-state index contributed by atoms with van der Waals surface area (Å²) in [6, 6.07) is 3.59. The fourth-order valence-corrected chi connectivity index (χ4v) is 2.02. The molecule has 0 radical (unpaired) electrons. The second-order valence-corrected chi connectivity index (χ2v) is 4.64. The summed E-state index contributed by atoms with van der Waals surface area (Å²) in [5.74, 6) is 0. The van der Waals surface area contributed by atoms with Crippen LogP contribution >= 0.6 is 0 Å². The minimum absolute atomic E-state index is 0.133. The van der Waals surface area contributed by atoms with Crippen molar-refractivity contribution < 1.29 is 0 Å². The van der Waals surface area contributed by atoms with E-state index in [9.17, 15) is 9.59 Å². The highest BCUT2D eigenvalue weighted by atomic mass is 16.2. The number of pyridine rings is 1. The van der Waals surface area contributed by atoms with Gasteiger partial charge in [0.1, 0.15) is 0 Å². The van der Waals surface area contributed by atoms with Crippen LogP contribution in [0.25, 0.3) is 5.52 Å². The molecule has 0 N–H and O–H groups in total. The molecule has 2 heterocycles. The van der Waals surface area contributed by atoms with Crippen LogP contribution in [0.4, 0.5) is 0 Å². The van der Waals surface area contributed by atoms with E-state index in [1.54, 1.807) is 17.5 Å². The van der Waals surface area contributed by atoms with Crippen molar-refractivity contribution in [2.75, 3.05) is 0 Å². The Labute approximate surface area is 99.1 Å². The Hall–Kier alpha value is -1.84. The Morgan fingerprint density at radius 2 is 1.76 bits per heavy atom. The van der Waals surface area contributed by atoms with Crippen LogP contribution in [0.5, 0.6) is 0 Å². The lowest BCUT2D eigenvalue weighted by atomic mass is 10.2. The Morgan fingerprint density at radius 3 is 2.35 bits per heavy atom.